The molecule has 5 aromatic rings. The van der Waals surface area contributed by atoms with Crippen LogP contribution in [-0.4, -0.2) is 97.9 Å². The number of aromatic nitrogens is 4. The lowest BCUT2D eigenvalue weighted by Gasteiger charge is -2.26. The van der Waals surface area contributed by atoms with Gasteiger partial charge in [-0.25, -0.2) is 26.4 Å². The lowest BCUT2D eigenvalue weighted by atomic mass is 10.2. The van der Waals surface area contributed by atoms with Crippen molar-refractivity contribution < 1.29 is 40.9 Å². The Hall–Kier alpha value is -5.08. The topological polar surface area (TPSA) is 195 Å². The Morgan fingerprint density at radius 1 is 0.836 bits per heavy atom. The average Bonchev–Trinajstić information content (AvgIpc) is 3.85. The fraction of sp³-hybridized carbons (Fsp3) is 0.278. The van der Waals surface area contributed by atoms with E-state index in [1.165, 1.54) is 35.5 Å². The molecule has 290 valence electrons. The van der Waals surface area contributed by atoms with Crippen molar-refractivity contribution in [3.05, 3.63) is 106 Å². The lowest BCUT2D eigenvalue weighted by Crippen LogP contribution is -2.39. The molecule has 4 aromatic carbocycles. The van der Waals surface area contributed by atoms with Crippen LogP contribution in [0.1, 0.15) is 23.1 Å². The molecule has 0 aliphatic carbocycles. The van der Waals surface area contributed by atoms with Gasteiger partial charge in [-0.3, -0.25) is 0 Å². The summed E-state index contributed by atoms with van der Waals surface area (Å²) >= 11 is 3.47. The van der Waals surface area contributed by atoms with Gasteiger partial charge in [0.25, 0.3) is 0 Å². The third-order valence-electron chi connectivity index (χ3n) is 8.93. The first-order valence-corrected chi connectivity index (χ1v) is 20.5. The molecule has 16 nitrogen and oxygen atoms in total. The Morgan fingerprint density at radius 2 is 1.36 bits per heavy atom. The number of hydrogen-bond donors (Lipinski definition) is 2. The molecule has 1 fully saturated rings. The third-order valence-corrected chi connectivity index (χ3v) is 13.2. The summed E-state index contributed by atoms with van der Waals surface area (Å²) in [5.74, 6) is 1.64. The molecular formula is C36H38BrN7O9S2. The minimum atomic E-state index is -4.77. The minimum Gasteiger partial charge on any atom is -0.497 e. The molecule has 0 unspecified atom stereocenters. The summed E-state index contributed by atoms with van der Waals surface area (Å²) in [4.78, 5) is 12.8. The predicted molar refractivity (Wildman–Crippen MR) is 204 cm³/mol. The summed E-state index contributed by atoms with van der Waals surface area (Å²) in [6.45, 7) is -0.157. The normalized spacial score (nSPS) is 14.6. The molecule has 2 heterocycles. The summed E-state index contributed by atoms with van der Waals surface area (Å²) in [6.07, 6.45) is -0.994. The number of likely N-dealkylation sites (tertiary alicyclic amines) is 1. The van der Waals surface area contributed by atoms with Crippen LogP contribution >= 0.6 is 15.9 Å². The molecule has 1 aromatic heterocycles. The molecule has 1 amide bonds. The second kappa shape index (κ2) is 16.7. The quantitative estimate of drug-likeness (QED) is 0.149. The molecule has 55 heavy (non-hydrogen) atoms. The number of sulfonamides is 2. The number of methoxy groups -OCH3 is 3. The van der Waals surface area contributed by atoms with Crippen molar-refractivity contribution in [2.24, 2.45) is 0 Å². The molecular weight excluding hydrogens is 818 g/mol. The maximum atomic E-state index is 15.3. The van der Waals surface area contributed by atoms with Gasteiger partial charge in [0.2, 0.25) is 25.9 Å². The standard InChI is InChI=1S/C36H38BrN7O9S2/c1-51-28-10-4-24(5-11-28)20-43(21-25-6-12-29(52-2)13-7-25)55(49,50)34-32(54(47,48)40-27-18-19-42(23-27)36(45)46)17-16-31(37)33(34)35-38-41-44(39-35)22-26-8-14-30(53-3)15-9-26/h4-17,27,40H,18-23H2,1-3H3,(H,45,46)/t27-/m1/s1. The van der Waals surface area contributed by atoms with Gasteiger partial charge in [0, 0.05) is 36.7 Å². The molecule has 2 N–H and O–H groups in total. The number of rotatable bonds is 15. The first-order valence-electron chi connectivity index (χ1n) is 16.8. The van der Waals surface area contributed by atoms with Gasteiger partial charge < -0.3 is 24.2 Å². The van der Waals surface area contributed by atoms with Crippen LogP contribution in [0.3, 0.4) is 0 Å². The molecule has 0 bridgehead atoms. The maximum Gasteiger partial charge on any atom is 0.407 e. The summed E-state index contributed by atoms with van der Waals surface area (Å²) in [6, 6.07) is 22.6. The monoisotopic (exact) mass is 855 g/mol. The highest BCUT2D eigenvalue weighted by atomic mass is 79.9. The number of hydrogen-bond acceptors (Lipinski definition) is 11. The van der Waals surface area contributed by atoms with Gasteiger partial charge in [0.05, 0.1) is 33.4 Å². The number of ether oxygens (including phenoxy) is 3. The Kier molecular flexibility index (Phi) is 12.1. The molecule has 1 atom stereocenters. The largest absolute Gasteiger partial charge is 0.497 e. The van der Waals surface area contributed by atoms with Gasteiger partial charge >= 0.3 is 6.09 Å². The number of amides is 1. The molecule has 1 aliphatic rings. The first kappa shape index (κ1) is 39.6. The van der Waals surface area contributed by atoms with Crippen LogP contribution in [0.15, 0.2) is 99.2 Å². The third kappa shape index (κ3) is 9.08. The molecule has 0 saturated carbocycles. The van der Waals surface area contributed by atoms with Crippen molar-refractivity contribution in [1.82, 2.24) is 34.1 Å². The van der Waals surface area contributed by atoms with Gasteiger partial charge in [-0.05, 0) is 92.8 Å². The van der Waals surface area contributed by atoms with Crippen molar-refractivity contribution in [2.45, 2.75) is 41.9 Å². The number of carbonyl (C=O) groups is 1. The van der Waals surface area contributed by atoms with E-state index in [0.717, 1.165) is 10.5 Å². The van der Waals surface area contributed by atoms with Crippen LogP contribution in [0.25, 0.3) is 11.4 Å². The van der Waals surface area contributed by atoms with Gasteiger partial charge in [-0.15, -0.1) is 10.2 Å². The van der Waals surface area contributed by atoms with Crippen LogP contribution in [-0.2, 0) is 39.7 Å². The fourth-order valence-electron chi connectivity index (χ4n) is 6.06. The zero-order chi connectivity index (χ0) is 39.3. The van der Waals surface area contributed by atoms with E-state index in [1.807, 2.05) is 12.1 Å². The molecule has 0 spiro atoms. The number of benzene rings is 4. The minimum absolute atomic E-state index is 0.109. The summed E-state index contributed by atoms with van der Waals surface area (Å²) in [5.41, 5.74) is 1.87. The Labute approximate surface area is 326 Å². The molecule has 1 aliphatic heterocycles. The van der Waals surface area contributed by atoms with Gasteiger partial charge in [0.15, 0.2) is 0 Å². The van der Waals surface area contributed by atoms with Crippen molar-refractivity contribution >= 4 is 42.1 Å². The number of nitrogens with one attached hydrogen (secondary N) is 1. The highest BCUT2D eigenvalue weighted by Crippen LogP contribution is 2.39. The predicted octanol–water partition coefficient (Wildman–Crippen LogP) is 4.60. The van der Waals surface area contributed by atoms with E-state index in [4.69, 9.17) is 14.2 Å². The molecule has 1 saturated heterocycles. The second-order valence-electron chi connectivity index (χ2n) is 12.5. The van der Waals surface area contributed by atoms with E-state index in [-0.39, 0.29) is 55.0 Å². The number of nitrogens with zero attached hydrogens (tertiary/aromatic N) is 6. The summed E-state index contributed by atoms with van der Waals surface area (Å²) in [7, 11) is -4.80. The van der Waals surface area contributed by atoms with E-state index >= 15 is 8.42 Å². The SMILES string of the molecule is COc1ccc(CN(Cc2ccc(OC)cc2)S(=O)(=O)c2c(S(=O)(=O)N[C@@H]3CCN(C(=O)O)C3)ccc(Br)c2-c2nnn(Cc3ccc(OC)cc3)n2)cc1. The van der Waals surface area contributed by atoms with Gasteiger partial charge in [-0.1, -0.05) is 36.4 Å². The molecule has 19 heteroatoms. The van der Waals surface area contributed by atoms with Crippen LogP contribution in [0.5, 0.6) is 17.2 Å². The zero-order valence-corrected chi connectivity index (χ0v) is 33.2. The Balaban J connectivity index is 1.49. The zero-order valence-electron chi connectivity index (χ0n) is 30.0. The van der Waals surface area contributed by atoms with Crippen LogP contribution in [0, 0.1) is 0 Å². The van der Waals surface area contributed by atoms with E-state index in [2.05, 4.69) is 36.1 Å². The maximum absolute atomic E-state index is 15.3. The van der Waals surface area contributed by atoms with E-state index < -0.39 is 42.0 Å². The smallest absolute Gasteiger partial charge is 0.407 e. The Morgan fingerprint density at radius 3 is 1.85 bits per heavy atom. The molecule has 6 rings (SSSR count). The highest BCUT2D eigenvalue weighted by Gasteiger charge is 2.39. The van der Waals surface area contributed by atoms with Crippen molar-refractivity contribution in [3.8, 4) is 28.6 Å². The lowest BCUT2D eigenvalue weighted by molar-refractivity contribution is 0.155. The first-order chi connectivity index (χ1) is 26.3. The van der Waals surface area contributed by atoms with Crippen molar-refractivity contribution in [1.29, 1.82) is 0 Å². The van der Waals surface area contributed by atoms with Crippen LogP contribution < -0.4 is 18.9 Å². The summed E-state index contributed by atoms with van der Waals surface area (Å²) < 4.78 is 79.1. The van der Waals surface area contributed by atoms with Crippen LogP contribution in [0.4, 0.5) is 4.79 Å². The van der Waals surface area contributed by atoms with Crippen LogP contribution in [0.2, 0.25) is 0 Å². The van der Waals surface area contributed by atoms with E-state index in [9.17, 15) is 18.3 Å². The van der Waals surface area contributed by atoms with Crippen molar-refractivity contribution in [3.63, 3.8) is 0 Å². The van der Waals surface area contributed by atoms with Gasteiger partial charge in [-0.2, -0.15) is 9.10 Å². The average molecular weight is 857 g/mol. The second-order valence-corrected chi connectivity index (χ2v) is 17.0. The highest BCUT2D eigenvalue weighted by molar-refractivity contribution is 9.10. The van der Waals surface area contributed by atoms with Crippen molar-refractivity contribution in [2.75, 3.05) is 34.4 Å². The number of carboxylic acid groups (broad SMARTS) is 1. The van der Waals surface area contributed by atoms with Gasteiger partial charge in [0.1, 0.15) is 27.0 Å². The fourth-order valence-corrected chi connectivity index (χ4v) is 10.4. The number of halogens is 1. The van der Waals surface area contributed by atoms with E-state index in [0.29, 0.717) is 28.4 Å². The molecule has 0 radical (unpaired) electrons. The Bertz CT molecular complexity index is 2310. The summed E-state index contributed by atoms with van der Waals surface area (Å²) in [5, 5.41) is 22.4. The number of tetrazole rings is 1. The van der Waals surface area contributed by atoms with E-state index in [1.54, 1.807) is 67.8 Å².